The maximum Gasteiger partial charge on any atom is 0.339 e. The zero-order chi connectivity index (χ0) is 14.3. The van der Waals surface area contributed by atoms with Crippen LogP contribution in [0.4, 0.5) is 5.69 Å². The van der Waals surface area contributed by atoms with Gasteiger partial charge in [-0.1, -0.05) is 0 Å². The molecule has 0 saturated carbocycles. The number of carboxylic acid groups (broad SMARTS) is 1. The van der Waals surface area contributed by atoms with E-state index in [1.165, 1.54) is 0 Å². The average molecular weight is 297 g/mol. The van der Waals surface area contributed by atoms with E-state index in [0.29, 0.717) is 6.07 Å². The molecule has 1 rings (SSSR count). The smallest absolute Gasteiger partial charge is 0.339 e. The van der Waals surface area contributed by atoms with Gasteiger partial charge in [-0.05, 0) is 12.1 Å². The molecule has 0 aliphatic rings. The predicted octanol–water partition coefficient (Wildman–Crippen LogP) is -0.540. The van der Waals surface area contributed by atoms with E-state index >= 15 is 0 Å². The van der Waals surface area contributed by atoms with Gasteiger partial charge in [-0.25, -0.2) is 4.79 Å². The Hall–Kier alpha value is -1.69. The molecule has 0 spiro atoms. The van der Waals surface area contributed by atoms with Crippen molar-refractivity contribution in [3.63, 3.8) is 0 Å². The van der Waals surface area contributed by atoms with Crippen molar-refractivity contribution < 1.29 is 35.8 Å². The van der Waals surface area contributed by atoms with E-state index in [9.17, 15) is 21.6 Å². The molecule has 0 heterocycles. The molecule has 5 N–H and O–H groups in total. The summed E-state index contributed by atoms with van der Waals surface area (Å²) in [7, 11) is -10.3. The van der Waals surface area contributed by atoms with Crippen LogP contribution in [0.5, 0.6) is 0 Å². The summed E-state index contributed by atoms with van der Waals surface area (Å²) in [5.74, 6) is -1.87. The minimum Gasteiger partial charge on any atom is -0.478 e. The van der Waals surface area contributed by atoms with E-state index in [4.69, 9.17) is 19.9 Å². The Morgan fingerprint density at radius 1 is 1.06 bits per heavy atom. The SMILES string of the molecule is Nc1ccc(S(=O)(=O)O)c(S(=O)(=O)O)c1C(=O)O. The Balaban J connectivity index is 4.03. The third-order valence-corrected chi connectivity index (χ3v) is 3.87. The van der Waals surface area contributed by atoms with E-state index in [1.54, 1.807) is 0 Å². The van der Waals surface area contributed by atoms with Gasteiger partial charge in [0, 0.05) is 5.69 Å². The number of rotatable bonds is 3. The van der Waals surface area contributed by atoms with Crippen LogP contribution in [0.25, 0.3) is 0 Å². The summed E-state index contributed by atoms with van der Waals surface area (Å²) in [6.45, 7) is 0. The molecule has 0 aliphatic carbocycles. The largest absolute Gasteiger partial charge is 0.478 e. The number of carbonyl (C=O) groups is 1. The molecule has 0 bridgehead atoms. The molecule has 9 nitrogen and oxygen atoms in total. The molecule has 1 aromatic rings. The number of hydrogen-bond acceptors (Lipinski definition) is 6. The summed E-state index contributed by atoms with van der Waals surface area (Å²) >= 11 is 0. The summed E-state index contributed by atoms with van der Waals surface area (Å²) in [5, 5.41) is 8.77. The van der Waals surface area contributed by atoms with Crippen molar-refractivity contribution in [3.05, 3.63) is 17.7 Å². The highest BCUT2D eigenvalue weighted by Gasteiger charge is 2.31. The van der Waals surface area contributed by atoms with E-state index in [-0.39, 0.29) is 0 Å². The second kappa shape index (κ2) is 4.20. The Bertz CT molecular complexity index is 718. The molecule has 1 aromatic carbocycles. The first-order valence-electron chi connectivity index (χ1n) is 4.07. The molecule has 0 aromatic heterocycles. The van der Waals surface area contributed by atoms with E-state index in [0.717, 1.165) is 6.07 Å². The Labute approximate surface area is 101 Å². The van der Waals surface area contributed by atoms with Crippen LogP contribution in [0.1, 0.15) is 10.4 Å². The Morgan fingerprint density at radius 2 is 1.56 bits per heavy atom. The molecule has 0 atom stereocenters. The predicted molar refractivity (Wildman–Crippen MR) is 57.4 cm³/mol. The lowest BCUT2D eigenvalue weighted by Gasteiger charge is -2.09. The quantitative estimate of drug-likeness (QED) is 0.422. The van der Waals surface area contributed by atoms with Crippen LogP contribution in [-0.2, 0) is 20.2 Å². The first-order valence-corrected chi connectivity index (χ1v) is 6.95. The maximum atomic E-state index is 11.0. The summed E-state index contributed by atoms with van der Waals surface area (Å²) in [6.07, 6.45) is 0. The molecule has 0 amide bonds. The van der Waals surface area contributed by atoms with Gasteiger partial charge in [-0.2, -0.15) is 16.8 Å². The molecular weight excluding hydrogens is 290 g/mol. The number of nitrogen functional groups attached to an aromatic ring is 1. The van der Waals surface area contributed by atoms with Gasteiger partial charge < -0.3 is 10.8 Å². The number of benzene rings is 1. The summed E-state index contributed by atoms with van der Waals surface area (Å²) < 4.78 is 61.6. The molecule has 11 heteroatoms. The van der Waals surface area contributed by atoms with Crippen LogP contribution in [-0.4, -0.2) is 37.0 Å². The molecule has 0 saturated heterocycles. The molecule has 0 fully saturated rings. The molecule has 100 valence electrons. The lowest BCUT2D eigenvalue weighted by Crippen LogP contribution is -2.16. The van der Waals surface area contributed by atoms with Gasteiger partial charge in [0.15, 0.2) is 0 Å². The lowest BCUT2D eigenvalue weighted by atomic mass is 10.2. The van der Waals surface area contributed by atoms with Crippen LogP contribution < -0.4 is 5.73 Å². The molecule has 18 heavy (non-hydrogen) atoms. The van der Waals surface area contributed by atoms with Gasteiger partial charge in [-0.15, -0.1) is 0 Å². The van der Waals surface area contributed by atoms with Crippen LogP contribution >= 0.6 is 0 Å². The van der Waals surface area contributed by atoms with Crippen molar-refractivity contribution in [1.82, 2.24) is 0 Å². The van der Waals surface area contributed by atoms with Crippen molar-refractivity contribution in [3.8, 4) is 0 Å². The maximum absolute atomic E-state index is 11.0. The van der Waals surface area contributed by atoms with Gasteiger partial charge in [0.1, 0.15) is 15.4 Å². The topological polar surface area (TPSA) is 172 Å². The molecular formula is C7H7NO8S2. The zero-order valence-electron chi connectivity index (χ0n) is 8.43. The second-order valence-corrected chi connectivity index (χ2v) is 5.86. The second-order valence-electron chi connectivity index (χ2n) is 3.11. The minimum atomic E-state index is -5.21. The number of nitrogens with two attached hydrogens (primary N) is 1. The van der Waals surface area contributed by atoms with Crippen molar-refractivity contribution >= 4 is 31.9 Å². The fourth-order valence-corrected chi connectivity index (χ4v) is 3.25. The van der Waals surface area contributed by atoms with Gasteiger partial charge in [-0.3, -0.25) is 9.11 Å². The van der Waals surface area contributed by atoms with Crippen molar-refractivity contribution in [2.45, 2.75) is 9.79 Å². The minimum absolute atomic E-state index is 0.570. The molecule has 0 radical (unpaired) electrons. The Morgan fingerprint density at radius 3 is 1.89 bits per heavy atom. The summed E-state index contributed by atoms with van der Waals surface area (Å²) in [6, 6.07) is 1.35. The van der Waals surface area contributed by atoms with Gasteiger partial charge >= 0.3 is 5.97 Å². The van der Waals surface area contributed by atoms with E-state index in [2.05, 4.69) is 0 Å². The third kappa shape index (κ3) is 2.59. The van der Waals surface area contributed by atoms with Crippen LogP contribution in [0.15, 0.2) is 21.9 Å². The highest BCUT2D eigenvalue weighted by Crippen LogP contribution is 2.29. The van der Waals surface area contributed by atoms with Crippen LogP contribution in [0.2, 0.25) is 0 Å². The lowest BCUT2D eigenvalue weighted by molar-refractivity contribution is 0.0693. The fourth-order valence-electron chi connectivity index (χ4n) is 1.26. The van der Waals surface area contributed by atoms with Gasteiger partial charge in [0.2, 0.25) is 0 Å². The third-order valence-electron chi connectivity index (χ3n) is 1.90. The van der Waals surface area contributed by atoms with Crippen molar-refractivity contribution in [2.24, 2.45) is 0 Å². The summed E-state index contributed by atoms with van der Waals surface area (Å²) in [4.78, 5) is 8.09. The number of hydrogen-bond donors (Lipinski definition) is 4. The number of aromatic carboxylic acids is 1. The van der Waals surface area contributed by atoms with Gasteiger partial charge in [0.25, 0.3) is 20.2 Å². The highest BCUT2D eigenvalue weighted by atomic mass is 32.2. The van der Waals surface area contributed by atoms with Crippen molar-refractivity contribution in [1.29, 1.82) is 0 Å². The van der Waals surface area contributed by atoms with Crippen LogP contribution in [0, 0.1) is 0 Å². The fraction of sp³-hybridized carbons (Fsp3) is 0. The molecule has 0 aliphatic heterocycles. The number of carboxylic acids is 1. The monoisotopic (exact) mass is 297 g/mol. The first kappa shape index (κ1) is 14.4. The highest BCUT2D eigenvalue weighted by molar-refractivity contribution is 7.89. The molecule has 0 unspecified atom stereocenters. The normalized spacial score (nSPS) is 12.3. The average Bonchev–Trinajstić information content (AvgIpc) is 2.12. The summed E-state index contributed by atoms with van der Waals surface area (Å²) in [5.41, 5.74) is 3.49. The Kier molecular flexibility index (Phi) is 3.36. The standard InChI is InChI=1S/C7H7NO8S2/c8-3-1-2-4(17(11,12)13)6(18(14,15)16)5(3)7(9)10/h1-2H,8H2,(H,9,10)(H,11,12,13)(H,14,15,16). The van der Waals surface area contributed by atoms with Crippen LogP contribution in [0.3, 0.4) is 0 Å². The van der Waals surface area contributed by atoms with E-state index < -0.39 is 47.2 Å². The van der Waals surface area contributed by atoms with Gasteiger partial charge in [0.05, 0.1) is 0 Å². The zero-order valence-corrected chi connectivity index (χ0v) is 10.1. The van der Waals surface area contributed by atoms with Crippen molar-refractivity contribution in [2.75, 3.05) is 5.73 Å². The van der Waals surface area contributed by atoms with E-state index in [1.807, 2.05) is 0 Å². The first-order chi connectivity index (χ1) is 7.96. The number of anilines is 1.